The molecule has 0 aliphatic heterocycles. The van der Waals surface area contributed by atoms with Crippen LogP contribution in [0, 0.1) is 18.6 Å². The first kappa shape index (κ1) is 24.2. The van der Waals surface area contributed by atoms with Crippen LogP contribution in [0.25, 0.3) is 22.3 Å². The minimum Gasteiger partial charge on any atom is -0.375 e. The molecule has 0 aliphatic carbocycles. The first-order valence-corrected chi connectivity index (χ1v) is 13.6. The van der Waals surface area contributed by atoms with Crippen LogP contribution in [-0.2, 0) is 4.57 Å². The Kier molecular flexibility index (Phi) is 6.65. The second-order valence-corrected chi connectivity index (χ2v) is 11.8. The fourth-order valence-corrected chi connectivity index (χ4v) is 4.51. The van der Waals surface area contributed by atoms with Crippen LogP contribution in [0.15, 0.2) is 42.7 Å². The van der Waals surface area contributed by atoms with E-state index >= 15 is 4.39 Å². The third-order valence-corrected chi connectivity index (χ3v) is 7.08. The van der Waals surface area contributed by atoms with Crippen LogP contribution in [0.1, 0.15) is 30.6 Å². The maximum atomic E-state index is 15.0. The second-order valence-electron chi connectivity index (χ2n) is 8.32. The highest BCUT2D eigenvalue weighted by molar-refractivity contribution is 7.69. The minimum atomic E-state index is -2.66. The van der Waals surface area contributed by atoms with Crippen molar-refractivity contribution in [2.24, 2.45) is 0 Å². The van der Waals surface area contributed by atoms with Crippen LogP contribution in [0.3, 0.4) is 0 Å². The van der Waals surface area contributed by atoms with Gasteiger partial charge >= 0.3 is 0 Å². The van der Waals surface area contributed by atoms with Gasteiger partial charge in [0, 0.05) is 29.6 Å². The number of anilines is 1. The molecule has 10 heteroatoms. The summed E-state index contributed by atoms with van der Waals surface area (Å²) < 4.78 is 41.7. The number of hydrogen-bond donors (Lipinski definition) is 1. The standard InChI is InChI=1S/C24H23ClF2N5OP/c1-5-18(15-8-6-7-9-16(15)26)31-23-20(25)13(2)30-19-10-17(27)21(32-22(19)23)14-11-28-24(29-12-14)34(3,4)33/h6-12,18H,5H2,1-4H3,(H,30,31)/t18-/m0/s1. The molecule has 0 bridgehead atoms. The molecule has 1 N–H and O–H groups in total. The molecule has 4 rings (SSSR count). The van der Waals surface area contributed by atoms with Crippen LogP contribution in [0.4, 0.5) is 14.5 Å². The van der Waals surface area contributed by atoms with Gasteiger partial charge in [0.05, 0.1) is 28.0 Å². The van der Waals surface area contributed by atoms with Gasteiger partial charge in [-0.3, -0.25) is 0 Å². The van der Waals surface area contributed by atoms with Crippen molar-refractivity contribution in [2.45, 2.75) is 26.3 Å². The van der Waals surface area contributed by atoms with Crippen LogP contribution >= 0.6 is 18.7 Å². The molecular formula is C24H23ClF2N5OP. The van der Waals surface area contributed by atoms with E-state index in [9.17, 15) is 8.96 Å². The Morgan fingerprint density at radius 1 is 1.09 bits per heavy atom. The van der Waals surface area contributed by atoms with Crippen molar-refractivity contribution in [2.75, 3.05) is 18.6 Å². The monoisotopic (exact) mass is 501 g/mol. The van der Waals surface area contributed by atoms with Gasteiger partial charge in [0.15, 0.2) is 11.4 Å². The Bertz CT molecular complexity index is 1430. The smallest absolute Gasteiger partial charge is 0.188 e. The van der Waals surface area contributed by atoms with Crippen molar-refractivity contribution in [3.05, 3.63) is 70.6 Å². The summed E-state index contributed by atoms with van der Waals surface area (Å²) >= 11 is 6.60. The quantitative estimate of drug-likeness (QED) is 0.320. The average Bonchev–Trinajstić information content (AvgIpc) is 2.80. The number of hydrogen-bond acceptors (Lipinski definition) is 6. The first-order valence-electron chi connectivity index (χ1n) is 10.7. The zero-order valence-corrected chi connectivity index (χ0v) is 20.8. The summed E-state index contributed by atoms with van der Waals surface area (Å²) in [5.74, 6) is -0.949. The SMILES string of the molecule is CC[C@H](Nc1c(Cl)c(C)nc2cc(F)c(-c3cnc(P(C)(C)=O)nc3)nc12)c1ccccc1F. The van der Waals surface area contributed by atoms with Gasteiger partial charge in [-0.05, 0) is 32.7 Å². The maximum absolute atomic E-state index is 15.0. The zero-order valence-electron chi connectivity index (χ0n) is 19.1. The Balaban J connectivity index is 1.86. The van der Waals surface area contributed by atoms with Gasteiger partial charge in [0.25, 0.3) is 0 Å². The van der Waals surface area contributed by atoms with Gasteiger partial charge in [-0.15, -0.1) is 0 Å². The van der Waals surface area contributed by atoms with Crippen LogP contribution in [0.5, 0.6) is 0 Å². The Morgan fingerprint density at radius 3 is 2.38 bits per heavy atom. The molecule has 3 heterocycles. The number of fused-ring (bicyclic) bond motifs is 1. The third kappa shape index (κ3) is 4.65. The van der Waals surface area contributed by atoms with Crippen molar-refractivity contribution < 1.29 is 13.3 Å². The Hall–Kier alpha value is -2.96. The summed E-state index contributed by atoms with van der Waals surface area (Å²) in [6, 6.07) is 7.38. The number of nitrogens with zero attached hydrogens (tertiary/aromatic N) is 4. The predicted octanol–water partition coefficient (Wildman–Crippen LogP) is 6.14. The maximum Gasteiger partial charge on any atom is 0.188 e. The van der Waals surface area contributed by atoms with Gasteiger partial charge in [-0.2, -0.15) is 0 Å². The molecule has 1 aromatic carbocycles. The molecule has 1 atom stereocenters. The number of aromatic nitrogens is 4. The van der Waals surface area contributed by atoms with E-state index in [1.165, 1.54) is 24.5 Å². The van der Waals surface area contributed by atoms with E-state index in [2.05, 4.69) is 25.3 Å². The van der Waals surface area contributed by atoms with Crippen molar-refractivity contribution in [1.82, 2.24) is 19.9 Å². The van der Waals surface area contributed by atoms with Crippen molar-refractivity contribution in [3.8, 4) is 11.3 Å². The summed E-state index contributed by atoms with van der Waals surface area (Å²) in [5, 5.41) is 3.62. The molecule has 3 aromatic heterocycles. The van der Waals surface area contributed by atoms with Crippen molar-refractivity contribution in [1.29, 1.82) is 0 Å². The summed E-state index contributed by atoms with van der Waals surface area (Å²) in [6.07, 6.45) is 3.35. The van der Waals surface area contributed by atoms with E-state index in [0.29, 0.717) is 45.0 Å². The molecule has 6 nitrogen and oxygen atoms in total. The normalized spacial score (nSPS) is 12.7. The number of rotatable bonds is 6. The second kappa shape index (κ2) is 9.35. The summed E-state index contributed by atoms with van der Waals surface area (Å²) in [6.45, 7) is 6.75. The largest absolute Gasteiger partial charge is 0.375 e. The first-order chi connectivity index (χ1) is 16.1. The zero-order chi connectivity index (χ0) is 24.6. The summed E-state index contributed by atoms with van der Waals surface area (Å²) in [5.41, 5.74) is 2.58. The van der Waals surface area contributed by atoms with Gasteiger partial charge in [0.1, 0.15) is 24.2 Å². The molecule has 34 heavy (non-hydrogen) atoms. The molecule has 4 aromatic rings. The lowest BCUT2D eigenvalue weighted by atomic mass is 10.0. The van der Waals surface area contributed by atoms with Gasteiger partial charge in [0.2, 0.25) is 0 Å². The van der Waals surface area contributed by atoms with Gasteiger partial charge < -0.3 is 9.88 Å². The molecule has 0 amide bonds. The average molecular weight is 502 g/mol. The fraction of sp³-hybridized carbons (Fsp3) is 0.250. The Morgan fingerprint density at radius 2 is 1.76 bits per heavy atom. The minimum absolute atomic E-state index is 0.00444. The molecule has 0 unspecified atom stereocenters. The number of pyridine rings is 2. The number of nitrogens with one attached hydrogen (secondary N) is 1. The highest BCUT2D eigenvalue weighted by Gasteiger charge is 2.22. The van der Waals surface area contributed by atoms with Crippen LogP contribution in [-0.4, -0.2) is 33.3 Å². The molecule has 0 radical (unpaired) electrons. The predicted molar refractivity (Wildman–Crippen MR) is 132 cm³/mol. The number of benzene rings is 1. The van der Waals surface area contributed by atoms with Crippen LogP contribution in [0.2, 0.25) is 5.02 Å². The van der Waals surface area contributed by atoms with E-state index in [1.807, 2.05) is 6.92 Å². The summed E-state index contributed by atoms with van der Waals surface area (Å²) in [4.78, 5) is 17.2. The van der Waals surface area contributed by atoms with Gasteiger partial charge in [-0.25, -0.2) is 28.7 Å². The van der Waals surface area contributed by atoms with E-state index in [0.717, 1.165) is 0 Å². The molecule has 176 valence electrons. The topological polar surface area (TPSA) is 80.7 Å². The number of aryl methyl sites for hydroxylation is 1. The molecular weight excluding hydrogens is 479 g/mol. The molecule has 0 saturated carbocycles. The highest BCUT2D eigenvalue weighted by atomic mass is 35.5. The van der Waals surface area contributed by atoms with Crippen LogP contribution < -0.4 is 10.9 Å². The fourth-order valence-electron chi connectivity index (χ4n) is 3.65. The third-order valence-electron chi connectivity index (χ3n) is 5.42. The molecule has 0 fully saturated rings. The van der Waals surface area contributed by atoms with E-state index in [4.69, 9.17) is 11.6 Å². The highest BCUT2D eigenvalue weighted by Crippen LogP contribution is 2.37. The van der Waals surface area contributed by atoms with Crippen molar-refractivity contribution >= 4 is 41.0 Å². The molecule has 0 spiro atoms. The van der Waals surface area contributed by atoms with Gasteiger partial charge in [-0.1, -0.05) is 36.7 Å². The van der Waals surface area contributed by atoms with E-state index < -0.39 is 19.0 Å². The lowest BCUT2D eigenvalue weighted by Crippen LogP contribution is -2.14. The van der Waals surface area contributed by atoms with E-state index in [-0.39, 0.29) is 17.1 Å². The molecule has 0 saturated heterocycles. The number of halogens is 3. The summed E-state index contributed by atoms with van der Waals surface area (Å²) in [7, 11) is -2.66. The van der Waals surface area contributed by atoms with Crippen molar-refractivity contribution in [3.63, 3.8) is 0 Å². The lowest BCUT2D eigenvalue weighted by Gasteiger charge is -2.22. The lowest BCUT2D eigenvalue weighted by molar-refractivity contribution is 0.586. The molecule has 0 aliphatic rings. The Labute approximate surface area is 201 Å². The van der Waals surface area contributed by atoms with E-state index in [1.54, 1.807) is 38.5 Å².